The van der Waals surface area contributed by atoms with Gasteiger partial charge < -0.3 is 5.32 Å². The van der Waals surface area contributed by atoms with Crippen molar-refractivity contribution in [1.29, 1.82) is 5.26 Å². The van der Waals surface area contributed by atoms with Gasteiger partial charge in [-0.3, -0.25) is 14.9 Å². The zero-order chi connectivity index (χ0) is 18.6. The fourth-order valence-electron chi connectivity index (χ4n) is 1.84. The van der Waals surface area contributed by atoms with Gasteiger partial charge in [-0.2, -0.15) is 5.26 Å². The number of carbonyl (C=O) groups is 1. The largest absolute Gasteiger partial charge is 0.320 e. The number of nitrogens with one attached hydrogen (secondary N) is 1. The summed E-state index contributed by atoms with van der Waals surface area (Å²) in [7, 11) is 0. The summed E-state index contributed by atoms with van der Waals surface area (Å²) in [5.74, 6) is -0.755. The Morgan fingerprint density at radius 3 is 2.48 bits per heavy atom. The Hall–Kier alpha value is -2.59. The molecule has 0 saturated carbocycles. The van der Waals surface area contributed by atoms with E-state index < -0.39 is 10.8 Å². The van der Waals surface area contributed by atoms with Crippen molar-refractivity contribution in [2.24, 2.45) is 0 Å². The molecule has 0 radical (unpaired) electrons. The first-order chi connectivity index (χ1) is 11.8. The molecule has 0 atom stereocenters. The average Bonchev–Trinajstić information content (AvgIpc) is 2.57. The highest BCUT2D eigenvalue weighted by Crippen LogP contribution is 2.27. The summed E-state index contributed by atoms with van der Waals surface area (Å²) in [6.45, 7) is 0. The zero-order valence-electron chi connectivity index (χ0n) is 12.3. The fourth-order valence-corrected chi connectivity index (χ4v) is 2.35. The summed E-state index contributed by atoms with van der Waals surface area (Å²) in [5, 5.41) is 23.3. The van der Waals surface area contributed by atoms with Crippen molar-refractivity contribution in [3.8, 4) is 6.07 Å². The van der Waals surface area contributed by atoms with Crippen LogP contribution in [-0.4, -0.2) is 10.8 Å². The Bertz CT molecular complexity index is 936. The van der Waals surface area contributed by atoms with Crippen LogP contribution in [0.1, 0.15) is 5.56 Å². The Kier molecular flexibility index (Phi) is 5.99. The molecule has 126 valence electrons. The maximum Gasteiger partial charge on any atom is 0.270 e. The summed E-state index contributed by atoms with van der Waals surface area (Å²) in [6.07, 6.45) is 1.16. The molecule has 0 saturated heterocycles. The monoisotopic (exact) mass is 395 g/mol. The first-order valence-corrected chi connectivity index (χ1v) is 7.77. The van der Waals surface area contributed by atoms with Crippen molar-refractivity contribution in [1.82, 2.24) is 0 Å². The Balaban J connectivity index is 2.36. The second kappa shape index (κ2) is 7.99. The molecule has 1 amide bonds. The van der Waals surface area contributed by atoms with Crippen LogP contribution in [0.3, 0.4) is 0 Å². The van der Waals surface area contributed by atoms with Crippen molar-refractivity contribution in [3.63, 3.8) is 0 Å². The molecule has 2 aromatic rings. The van der Waals surface area contributed by atoms with E-state index in [-0.39, 0.29) is 32.6 Å². The lowest BCUT2D eigenvalue weighted by Crippen LogP contribution is -2.13. The molecule has 0 bridgehead atoms. The number of nitriles is 1. The highest BCUT2D eigenvalue weighted by atomic mass is 35.5. The van der Waals surface area contributed by atoms with E-state index in [4.69, 9.17) is 34.8 Å². The number of hydrogen-bond donors (Lipinski definition) is 1. The lowest BCUT2D eigenvalue weighted by Gasteiger charge is -2.07. The van der Waals surface area contributed by atoms with Crippen LogP contribution in [0.25, 0.3) is 6.08 Å². The molecule has 0 aliphatic carbocycles. The molecule has 2 aromatic carbocycles. The van der Waals surface area contributed by atoms with Gasteiger partial charge in [0.05, 0.1) is 15.6 Å². The van der Waals surface area contributed by atoms with E-state index in [2.05, 4.69) is 5.32 Å². The molecular weight excluding hydrogens is 389 g/mol. The first-order valence-electron chi connectivity index (χ1n) is 6.64. The van der Waals surface area contributed by atoms with E-state index in [1.807, 2.05) is 0 Å². The summed E-state index contributed by atoms with van der Waals surface area (Å²) in [4.78, 5) is 22.5. The van der Waals surface area contributed by atoms with Crippen LogP contribution < -0.4 is 5.32 Å². The number of carbonyl (C=O) groups excluding carboxylic acids is 1. The second-order valence-electron chi connectivity index (χ2n) is 4.71. The average molecular weight is 397 g/mol. The molecule has 0 unspecified atom stereocenters. The zero-order valence-corrected chi connectivity index (χ0v) is 14.6. The van der Waals surface area contributed by atoms with Crippen LogP contribution in [0.4, 0.5) is 11.4 Å². The van der Waals surface area contributed by atoms with E-state index in [1.165, 1.54) is 30.3 Å². The number of amides is 1. The van der Waals surface area contributed by atoms with Gasteiger partial charge in [0.25, 0.3) is 11.6 Å². The summed E-state index contributed by atoms with van der Waals surface area (Å²) in [5.41, 5.74) is -0.130. The van der Waals surface area contributed by atoms with E-state index >= 15 is 0 Å². The molecular formula is C16H8Cl3N3O3. The summed E-state index contributed by atoms with van der Waals surface area (Å²) < 4.78 is 0. The predicted molar refractivity (Wildman–Crippen MR) is 96.8 cm³/mol. The number of benzene rings is 2. The number of nitro groups is 1. The second-order valence-corrected chi connectivity index (χ2v) is 5.96. The van der Waals surface area contributed by atoms with Crippen LogP contribution in [0.5, 0.6) is 0 Å². The molecule has 2 rings (SSSR count). The van der Waals surface area contributed by atoms with Crippen LogP contribution in [0.2, 0.25) is 15.1 Å². The SMILES string of the molecule is N#C/C(=C\c1cc([N+](=O)[O-])ccc1Cl)C(=O)Nc1cc(Cl)ccc1Cl. The van der Waals surface area contributed by atoms with Crippen molar-refractivity contribution in [2.75, 3.05) is 5.32 Å². The predicted octanol–water partition coefficient (Wildman–Crippen LogP) is 5.10. The maximum atomic E-state index is 12.3. The van der Waals surface area contributed by atoms with Crippen molar-refractivity contribution in [2.45, 2.75) is 0 Å². The fraction of sp³-hybridized carbons (Fsp3) is 0. The number of halogens is 3. The van der Waals surface area contributed by atoms with Gasteiger partial charge in [-0.1, -0.05) is 34.8 Å². The standard InChI is InChI=1S/C16H8Cl3N3O3/c17-11-1-3-14(19)15(7-11)21-16(23)10(8-20)5-9-6-12(22(24)25)2-4-13(9)18/h1-7H,(H,21,23)/b10-5+. The molecule has 0 fully saturated rings. The minimum absolute atomic E-state index is 0.159. The van der Waals surface area contributed by atoms with Crippen molar-refractivity contribution in [3.05, 3.63) is 72.7 Å². The Labute approximate surface area is 157 Å². The van der Waals surface area contributed by atoms with Crippen LogP contribution in [0, 0.1) is 21.4 Å². The van der Waals surface area contributed by atoms with Crippen molar-refractivity contribution < 1.29 is 9.72 Å². The van der Waals surface area contributed by atoms with Crippen LogP contribution >= 0.6 is 34.8 Å². The maximum absolute atomic E-state index is 12.3. The number of hydrogen-bond acceptors (Lipinski definition) is 4. The number of rotatable bonds is 4. The molecule has 0 spiro atoms. The molecule has 0 aromatic heterocycles. The van der Waals surface area contributed by atoms with Crippen molar-refractivity contribution >= 4 is 58.2 Å². The van der Waals surface area contributed by atoms with Gasteiger partial charge in [0, 0.05) is 27.7 Å². The quantitative estimate of drug-likeness (QED) is 0.336. The molecule has 0 aliphatic rings. The summed E-state index contributed by atoms with van der Waals surface area (Å²) >= 11 is 17.8. The number of anilines is 1. The third kappa shape index (κ3) is 4.70. The number of non-ortho nitro benzene ring substituents is 1. The lowest BCUT2D eigenvalue weighted by molar-refractivity contribution is -0.384. The Morgan fingerprint density at radius 1 is 1.16 bits per heavy atom. The molecule has 0 aliphatic heterocycles. The minimum Gasteiger partial charge on any atom is -0.320 e. The van der Waals surface area contributed by atoms with E-state index in [9.17, 15) is 20.2 Å². The topological polar surface area (TPSA) is 96.0 Å². The number of nitro benzene ring substituents is 1. The smallest absolute Gasteiger partial charge is 0.270 e. The molecule has 0 heterocycles. The lowest BCUT2D eigenvalue weighted by atomic mass is 10.1. The third-order valence-electron chi connectivity index (χ3n) is 3.03. The highest BCUT2D eigenvalue weighted by molar-refractivity contribution is 6.36. The molecule has 25 heavy (non-hydrogen) atoms. The van der Waals surface area contributed by atoms with Crippen LogP contribution in [-0.2, 0) is 4.79 Å². The first kappa shape index (κ1) is 18.7. The molecule has 9 heteroatoms. The van der Waals surface area contributed by atoms with Gasteiger partial charge in [0.15, 0.2) is 0 Å². The van der Waals surface area contributed by atoms with Gasteiger partial charge in [0.1, 0.15) is 11.6 Å². The minimum atomic E-state index is -0.755. The van der Waals surface area contributed by atoms with Gasteiger partial charge in [-0.05, 0) is 30.3 Å². The molecule has 1 N–H and O–H groups in total. The van der Waals surface area contributed by atoms with E-state index in [1.54, 1.807) is 12.1 Å². The van der Waals surface area contributed by atoms with E-state index in [0.717, 1.165) is 6.08 Å². The van der Waals surface area contributed by atoms with Gasteiger partial charge in [-0.25, -0.2) is 0 Å². The van der Waals surface area contributed by atoms with Gasteiger partial charge in [0.2, 0.25) is 0 Å². The van der Waals surface area contributed by atoms with E-state index in [0.29, 0.717) is 5.02 Å². The number of nitrogens with zero attached hydrogens (tertiary/aromatic N) is 2. The van der Waals surface area contributed by atoms with Crippen LogP contribution in [0.15, 0.2) is 42.0 Å². The Morgan fingerprint density at radius 2 is 1.84 bits per heavy atom. The third-order valence-corrected chi connectivity index (χ3v) is 3.94. The van der Waals surface area contributed by atoms with Gasteiger partial charge in [-0.15, -0.1) is 0 Å². The van der Waals surface area contributed by atoms with Gasteiger partial charge >= 0.3 is 0 Å². The normalized spacial score (nSPS) is 10.9. The molecule has 6 nitrogen and oxygen atoms in total. The highest BCUT2D eigenvalue weighted by Gasteiger charge is 2.14. The summed E-state index contributed by atoms with van der Waals surface area (Å²) in [6, 6.07) is 9.89.